The van der Waals surface area contributed by atoms with Gasteiger partial charge in [0.05, 0.1) is 5.25 Å². The first kappa shape index (κ1) is 23.3. The Morgan fingerprint density at radius 1 is 1.43 bits per heavy atom. The Labute approximate surface area is 208 Å². The predicted octanol–water partition coefficient (Wildman–Crippen LogP) is 0.289. The normalized spacial score (nSPS) is 23.2. The first-order valence-corrected chi connectivity index (χ1v) is 12.8. The smallest absolute Gasteiger partial charge is 0.352 e. The molecule has 5 rings (SSSR count). The molecule has 4 N–H and O–H groups in total. The number of nitrogens with one attached hydrogen (secondary N) is 1. The summed E-state index contributed by atoms with van der Waals surface area (Å²) in [6, 6.07) is 3.21. The van der Waals surface area contributed by atoms with Gasteiger partial charge in [0.1, 0.15) is 29.9 Å². The second-order valence-corrected chi connectivity index (χ2v) is 10.5. The van der Waals surface area contributed by atoms with E-state index in [-0.39, 0.29) is 27.5 Å². The number of β-lactam (4-membered cyclic amide) rings is 1. The summed E-state index contributed by atoms with van der Waals surface area (Å²) in [6.45, 7) is 0.568. The van der Waals surface area contributed by atoms with Crippen LogP contribution in [0.5, 0.6) is 0 Å². The van der Waals surface area contributed by atoms with E-state index < -0.39 is 29.2 Å². The van der Waals surface area contributed by atoms with Crippen LogP contribution in [0, 0.1) is 0 Å². The van der Waals surface area contributed by atoms with Crippen LogP contribution in [0.3, 0.4) is 0 Å². The zero-order valence-electron chi connectivity index (χ0n) is 18.7. The van der Waals surface area contributed by atoms with Crippen molar-refractivity contribution < 1.29 is 28.9 Å². The van der Waals surface area contributed by atoms with Gasteiger partial charge in [-0.3, -0.25) is 14.5 Å². The van der Waals surface area contributed by atoms with Crippen molar-refractivity contribution in [2.45, 2.75) is 42.5 Å². The zero-order valence-corrected chi connectivity index (χ0v) is 20.3. The van der Waals surface area contributed by atoms with Crippen LogP contribution in [0.15, 0.2) is 40.6 Å². The van der Waals surface area contributed by atoms with Crippen molar-refractivity contribution in [3.8, 4) is 0 Å². The van der Waals surface area contributed by atoms with Crippen LogP contribution >= 0.6 is 23.1 Å². The van der Waals surface area contributed by atoms with Gasteiger partial charge >= 0.3 is 5.97 Å². The number of fused-ring (bicyclic) bond motifs is 2. The van der Waals surface area contributed by atoms with E-state index in [1.54, 1.807) is 11.5 Å². The molecule has 2 aromatic rings. The molecule has 0 saturated carbocycles. The van der Waals surface area contributed by atoms with E-state index in [4.69, 9.17) is 10.6 Å². The highest BCUT2D eigenvalue weighted by molar-refractivity contribution is 8.00. The number of thiazole rings is 1. The second-order valence-electron chi connectivity index (χ2n) is 8.26. The number of carboxylic acids is 1. The summed E-state index contributed by atoms with van der Waals surface area (Å²) in [5, 5.41) is 17.3. The Kier molecular flexibility index (Phi) is 6.19. The van der Waals surface area contributed by atoms with Crippen molar-refractivity contribution in [1.29, 1.82) is 0 Å². The minimum Gasteiger partial charge on any atom is -0.477 e. The number of carboxylic acid groups (broad SMARTS) is 1. The average molecular weight is 516 g/mol. The zero-order chi connectivity index (χ0) is 24.7. The number of amides is 2. The number of oxime groups is 1. The number of thioether (sulfide) groups is 1. The predicted molar refractivity (Wildman–Crippen MR) is 128 cm³/mol. The Bertz CT molecular complexity index is 1270. The summed E-state index contributed by atoms with van der Waals surface area (Å²) in [5.41, 5.74) is 8.29. The van der Waals surface area contributed by atoms with Crippen LogP contribution in [0.2, 0.25) is 0 Å². The van der Waals surface area contributed by atoms with Gasteiger partial charge in [0.25, 0.3) is 11.8 Å². The van der Waals surface area contributed by atoms with Gasteiger partial charge in [-0.15, -0.1) is 23.1 Å². The number of aliphatic carboxylic acids is 1. The third-order valence-electron chi connectivity index (χ3n) is 6.15. The molecule has 2 amide bonds. The molecule has 0 unspecified atom stereocenters. The van der Waals surface area contributed by atoms with Crippen molar-refractivity contribution in [1.82, 2.24) is 15.2 Å². The third-order valence-corrected chi connectivity index (χ3v) is 8.22. The highest BCUT2D eigenvalue weighted by atomic mass is 32.2. The minimum atomic E-state index is -1.18. The number of carbonyl (C=O) groups excluding carboxylic acids is 2. The maximum atomic E-state index is 13.0. The number of hydrogen-bond donors (Lipinski definition) is 3. The lowest BCUT2D eigenvalue weighted by molar-refractivity contribution is -0.702. The van der Waals surface area contributed by atoms with E-state index in [0.717, 1.165) is 30.6 Å². The first-order chi connectivity index (χ1) is 16.9. The number of nitrogens with zero attached hydrogens (tertiary/aromatic N) is 4. The highest BCUT2D eigenvalue weighted by Gasteiger charge is 2.55. The summed E-state index contributed by atoms with van der Waals surface area (Å²) in [7, 11) is 1.29. The molecule has 11 nitrogen and oxygen atoms in total. The highest BCUT2D eigenvalue weighted by Crippen LogP contribution is 2.41. The largest absolute Gasteiger partial charge is 0.477 e. The van der Waals surface area contributed by atoms with Crippen LogP contribution in [0.4, 0.5) is 5.13 Å². The van der Waals surface area contributed by atoms with Crippen molar-refractivity contribution in [3.63, 3.8) is 0 Å². The maximum Gasteiger partial charge on any atom is 0.352 e. The number of carbonyl (C=O) groups is 3. The summed E-state index contributed by atoms with van der Waals surface area (Å²) >= 11 is 2.59. The maximum absolute atomic E-state index is 13.0. The molecular formula is C22H23N6O5S2+. The molecule has 35 heavy (non-hydrogen) atoms. The fraction of sp³-hybridized carbons (Fsp3) is 0.364. The first-order valence-electron chi connectivity index (χ1n) is 10.9. The van der Waals surface area contributed by atoms with Gasteiger partial charge in [-0.1, -0.05) is 5.16 Å². The van der Waals surface area contributed by atoms with Crippen LogP contribution in [0.25, 0.3) is 0 Å². The Morgan fingerprint density at radius 2 is 2.26 bits per heavy atom. The third kappa shape index (κ3) is 4.25. The number of aromatic nitrogens is 2. The minimum absolute atomic E-state index is 0.0690. The number of rotatable bonds is 7. The Hall–Kier alpha value is -3.45. The fourth-order valence-corrected chi connectivity index (χ4v) is 6.66. The van der Waals surface area contributed by atoms with E-state index in [9.17, 15) is 19.5 Å². The molecule has 0 bridgehead atoms. The number of pyridine rings is 1. The average Bonchev–Trinajstić information content (AvgIpc) is 3.49. The molecular weight excluding hydrogens is 492 g/mol. The molecule has 2 aromatic heterocycles. The topological polar surface area (TPSA) is 151 Å². The molecule has 0 aromatic carbocycles. The van der Waals surface area contributed by atoms with Crippen molar-refractivity contribution in [2.24, 2.45) is 5.16 Å². The quantitative estimate of drug-likeness (QED) is 0.206. The summed E-state index contributed by atoms with van der Waals surface area (Å²) in [5.74, 6) is -2.33. The number of anilines is 1. The SMILES string of the molecule is CO/N=C(/C(=O)N[C@H]1C(=O)N2C(C(=O)O)=C[C@H](C[n+]3cccc4c3CCC4)S[C@@H]12)c1csc(N)n1. The lowest BCUT2D eigenvalue weighted by Gasteiger charge is -2.49. The van der Waals surface area contributed by atoms with E-state index in [2.05, 4.69) is 26.1 Å². The molecule has 1 aliphatic carbocycles. The van der Waals surface area contributed by atoms with E-state index in [1.165, 1.54) is 35.0 Å². The molecule has 1 saturated heterocycles. The van der Waals surface area contributed by atoms with Gasteiger partial charge in [-0.25, -0.2) is 14.3 Å². The van der Waals surface area contributed by atoms with E-state index >= 15 is 0 Å². The van der Waals surface area contributed by atoms with E-state index in [0.29, 0.717) is 6.54 Å². The van der Waals surface area contributed by atoms with Crippen molar-refractivity contribution in [2.75, 3.05) is 12.8 Å². The van der Waals surface area contributed by atoms with E-state index in [1.807, 2.05) is 12.3 Å². The van der Waals surface area contributed by atoms with Crippen LogP contribution < -0.4 is 15.6 Å². The monoisotopic (exact) mass is 515 g/mol. The number of aryl methyl sites for hydroxylation is 1. The Morgan fingerprint density at radius 3 is 2.97 bits per heavy atom. The van der Waals surface area contributed by atoms with Crippen molar-refractivity contribution in [3.05, 3.63) is 52.4 Å². The van der Waals surface area contributed by atoms with Gasteiger partial charge in [0, 0.05) is 23.4 Å². The lowest BCUT2D eigenvalue weighted by atomic mass is 10.0. The van der Waals surface area contributed by atoms with Crippen molar-refractivity contribution >= 4 is 51.7 Å². The van der Waals surface area contributed by atoms with Gasteiger partial charge in [-0.2, -0.15) is 0 Å². The summed E-state index contributed by atoms with van der Waals surface area (Å²) in [4.78, 5) is 47.9. The molecule has 1 fully saturated rings. The van der Waals surface area contributed by atoms with Gasteiger partial charge < -0.3 is 21.0 Å². The molecule has 3 aliphatic rings. The van der Waals surface area contributed by atoms with Gasteiger partial charge in [0.15, 0.2) is 29.3 Å². The molecule has 3 atom stereocenters. The number of nitrogen functional groups attached to an aromatic ring is 1. The summed E-state index contributed by atoms with van der Waals surface area (Å²) in [6.07, 6.45) is 6.75. The standard InChI is InChI=1S/C22H22N6O5S2/c1-33-26-16(13-10-34-22(23)24-13)18(29)25-17-19(30)28-15(21(31)32)8-12(35-20(17)28)9-27-7-3-5-11-4-2-6-14(11)27/h3,5,7-8,10,12,17,20H,2,4,6,9H2,1H3,(H3-,23,24,25,29,31,32)/p+1/b26-16+/t12-,17+,20+/m1/s1. The van der Waals surface area contributed by atoms with Crippen LogP contribution in [-0.2, 0) is 38.6 Å². The van der Waals surface area contributed by atoms with Gasteiger partial charge in [0.2, 0.25) is 0 Å². The molecule has 13 heteroatoms. The molecule has 0 spiro atoms. The van der Waals surface area contributed by atoms with Gasteiger partial charge in [-0.05, 0) is 25.0 Å². The van der Waals surface area contributed by atoms with Crippen LogP contribution in [0.1, 0.15) is 23.4 Å². The molecule has 0 radical (unpaired) electrons. The second kappa shape index (κ2) is 9.30. The molecule has 4 heterocycles. The molecule has 182 valence electrons. The summed E-state index contributed by atoms with van der Waals surface area (Å²) < 4.78 is 2.16. The Balaban J connectivity index is 1.36. The number of hydrogen-bond acceptors (Lipinski definition) is 9. The molecule has 2 aliphatic heterocycles. The lowest BCUT2D eigenvalue weighted by Crippen LogP contribution is -2.71. The fourth-order valence-electron chi connectivity index (χ4n) is 4.62. The van der Waals surface area contributed by atoms with Crippen LogP contribution in [-0.4, -0.2) is 62.3 Å². The number of nitrogens with two attached hydrogens (primary N) is 1.